The summed E-state index contributed by atoms with van der Waals surface area (Å²) in [5.41, 5.74) is 7.42. The molecule has 0 atom stereocenters. The second-order valence-electron chi connectivity index (χ2n) is 3.76. The lowest BCUT2D eigenvalue weighted by atomic mass is 10.1. The number of hydrogen-bond acceptors (Lipinski definition) is 3. The number of nitrogen functional groups attached to an aromatic ring is 1. The normalized spacial score (nSPS) is 17.9. The summed E-state index contributed by atoms with van der Waals surface area (Å²) in [6.07, 6.45) is 0. The Morgan fingerprint density at radius 3 is 2.86 bits per heavy atom. The third kappa shape index (κ3) is 1.79. The van der Waals surface area contributed by atoms with Crippen LogP contribution in [0.3, 0.4) is 0 Å². The molecule has 1 aliphatic heterocycles. The monoisotopic (exact) mass is 211 g/mol. The number of nitrogens with zero attached hydrogens (tertiary/aromatic N) is 1. The Morgan fingerprint density at radius 2 is 2.21 bits per heavy atom. The summed E-state index contributed by atoms with van der Waals surface area (Å²) in [5.74, 6) is 0. The molecule has 2 rings (SSSR count). The van der Waals surface area contributed by atoms with Crippen LogP contribution in [0.4, 0.5) is 11.4 Å². The van der Waals surface area contributed by atoms with Crippen molar-refractivity contribution in [3.63, 3.8) is 0 Å². The molecular formula is C10H14ClN3. The van der Waals surface area contributed by atoms with Crippen LogP contribution >= 0.6 is 11.6 Å². The van der Waals surface area contributed by atoms with E-state index in [9.17, 15) is 0 Å². The van der Waals surface area contributed by atoms with E-state index >= 15 is 0 Å². The molecule has 0 amide bonds. The fourth-order valence-electron chi connectivity index (χ4n) is 1.67. The number of likely N-dealkylation sites (tertiary alicyclic amines) is 1. The summed E-state index contributed by atoms with van der Waals surface area (Å²) in [6, 6.07) is 6.17. The maximum absolute atomic E-state index is 5.91. The number of nitrogens with one attached hydrogen (secondary N) is 1. The Kier molecular flexibility index (Phi) is 2.52. The molecular weight excluding hydrogens is 198 g/mol. The lowest BCUT2D eigenvalue weighted by molar-refractivity contribution is 0.205. The van der Waals surface area contributed by atoms with Crippen molar-refractivity contribution in [1.82, 2.24) is 4.90 Å². The minimum absolute atomic E-state index is 0.501. The molecule has 1 aliphatic rings. The first-order valence-corrected chi connectivity index (χ1v) is 5.03. The minimum Gasteiger partial charge on any atom is -0.396 e. The standard InChI is InChI=1S/C10H14ClN3/c1-14-5-7(6-14)13-9-4-2-3-8(11)10(9)12/h2-4,7,13H,5-6,12H2,1H3. The van der Waals surface area contributed by atoms with Crippen molar-refractivity contribution in [2.75, 3.05) is 31.2 Å². The van der Waals surface area contributed by atoms with Crippen LogP contribution in [0.2, 0.25) is 5.02 Å². The number of anilines is 2. The molecule has 0 radical (unpaired) electrons. The Balaban J connectivity index is 2.06. The molecule has 1 aromatic rings. The predicted octanol–water partition coefficient (Wildman–Crippen LogP) is 1.65. The van der Waals surface area contributed by atoms with E-state index in [1.807, 2.05) is 12.1 Å². The highest BCUT2D eigenvalue weighted by atomic mass is 35.5. The molecule has 0 aromatic heterocycles. The molecule has 1 saturated heterocycles. The zero-order valence-electron chi connectivity index (χ0n) is 8.13. The number of halogens is 1. The van der Waals surface area contributed by atoms with E-state index in [4.69, 9.17) is 17.3 Å². The summed E-state index contributed by atoms with van der Waals surface area (Å²) in [7, 11) is 2.10. The smallest absolute Gasteiger partial charge is 0.0739 e. The molecule has 1 aromatic carbocycles. The number of nitrogens with two attached hydrogens (primary N) is 1. The zero-order chi connectivity index (χ0) is 10.1. The molecule has 0 unspecified atom stereocenters. The van der Waals surface area contributed by atoms with Crippen molar-refractivity contribution >= 4 is 23.0 Å². The molecule has 3 N–H and O–H groups in total. The molecule has 0 saturated carbocycles. The molecule has 0 spiro atoms. The predicted molar refractivity (Wildman–Crippen MR) is 60.8 cm³/mol. The van der Waals surface area contributed by atoms with Gasteiger partial charge in [-0.25, -0.2) is 0 Å². The molecule has 0 aliphatic carbocycles. The fraction of sp³-hybridized carbons (Fsp3) is 0.400. The van der Waals surface area contributed by atoms with E-state index in [-0.39, 0.29) is 0 Å². The number of hydrogen-bond donors (Lipinski definition) is 2. The van der Waals surface area contributed by atoms with Crippen molar-refractivity contribution < 1.29 is 0 Å². The molecule has 76 valence electrons. The van der Waals surface area contributed by atoms with Gasteiger partial charge in [0.05, 0.1) is 22.4 Å². The number of benzene rings is 1. The Hall–Kier alpha value is -0.930. The molecule has 1 fully saturated rings. The van der Waals surface area contributed by atoms with E-state index in [0.717, 1.165) is 18.8 Å². The molecule has 3 nitrogen and oxygen atoms in total. The van der Waals surface area contributed by atoms with Gasteiger partial charge >= 0.3 is 0 Å². The second-order valence-corrected chi connectivity index (χ2v) is 4.17. The number of rotatable bonds is 2. The second kappa shape index (κ2) is 3.67. The molecule has 1 heterocycles. The van der Waals surface area contributed by atoms with Crippen LogP contribution in [0.1, 0.15) is 0 Å². The Morgan fingerprint density at radius 1 is 1.50 bits per heavy atom. The highest BCUT2D eigenvalue weighted by Gasteiger charge is 2.23. The highest BCUT2D eigenvalue weighted by Crippen LogP contribution is 2.28. The van der Waals surface area contributed by atoms with Gasteiger partial charge in [0.25, 0.3) is 0 Å². The first kappa shape index (κ1) is 9.62. The van der Waals surface area contributed by atoms with Crippen molar-refractivity contribution in [3.05, 3.63) is 23.2 Å². The molecule has 0 bridgehead atoms. The van der Waals surface area contributed by atoms with Gasteiger partial charge in [-0.05, 0) is 19.2 Å². The van der Waals surface area contributed by atoms with Crippen molar-refractivity contribution in [2.45, 2.75) is 6.04 Å². The summed E-state index contributed by atoms with van der Waals surface area (Å²) in [4.78, 5) is 2.25. The van der Waals surface area contributed by atoms with Crippen molar-refractivity contribution in [2.24, 2.45) is 0 Å². The van der Waals surface area contributed by atoms with E-state index in [1.165, 1.54) is 0 Å². The third-order valence-electron chi connectivity index (χ3n) is 2.48. The highest BCUT2D eigenvalue weighted by molar-refractivity contribution is 6.33. The van der Waals surface area contributed by atoms with E-state index < -0.39 is 0 Å². The Labute approximate surface area is 88.8 Å². The van der Waals surface area contributed by atoms with E-state index in [2.05, 4.69) is 17.3 Å². The van der Waals surface area contributed by atoms with E-state index in [1.54, 1.807) is 6.07 Å². The number of likely N-dealkylation sites (N-methyl/N-ethyl adjacent to an activating group) is 1. The summed E-state index contributed by atoms with van der Waals surface area (Å²) < 4.78 is 0. The van der Waals surface area contributed by atoms with Crippen LogP contribution in [0.5, 0.6) is 0 Å². The van der Waals surface area contributed by atoms with Gasteiger partial charge in [-0.15, -0.1) is 0 Å². The van der Waals surface area contributed by atoms with Crippen LogP contribution in [-0.4, -0.2) is 31.1 Å². The van der Waals surface area contributed by atoms with Gasteiger partial charge in [-0.2, -0.15) is 0 Å². The van der Waals surface area contributed by atoms with Crippen LogP contribution in [0, 0.1) is 0 Å². The van der Waals surface area contributed by atoms with Crippen molar-refractivity contribution in [3.8, 4) is 0 Å². The number of para-hydroxylation sites is 1. The fourth-order valence-corrected chi connectivity index (χ4v) is 1.85. The maximum atomic E-state index is 5.91. The average Bonchev–Trinajstić information content (AvgIpc) is 2.10. The van der Waals surface area contributed by atoms with Gasteiger partial charge < -0.3 is 16.0 Å². The third-order valence-corrected chi connectivity index (χ3v) is 2.81. The van der Waals surface area contributed by atoms with Crippen LogP contribution in [0.25, 0.3) is 0 Å². The molecule has 14 heavy (non-hydrogen) atoms. The summed E-state index contributed by atoms with van der Waals surface area (Å²) in [5, 5.41) is 3.98. The van der Waals surface area contributed by atoms with Gasteiger partial charge in [0.1, 0.15) is 0 Å². The lowest BCUT2D eigenvalue weighted by Crippen LogP contribution is -2.52. The van der Waals surface area contributed by atoms with Crippen molar-refractivity contribution in [1.29, 1.82) is 0 Å². The molecule has 4 heteroatoms. The largest absolute Gasteiger partial charge is 0.396 e. The van der Waals surface area contributed by atoms with Gasteiger partial charge in [-0.3, -0.25) is 0 Å². The minimum atomic E-state index is 0.501. The van der Waals surface area contributed by atoms with E-state index in [0.29, 0.717) is 16.8 Å². The zero-order valence-corrected chi connectivity index (χ0v) is 8.88. The average molecular weight is 212 g/mol. The van der Waals surface area contributed by atoms with Gasteiger partial charge in [0.2, 0.25) is 0 Å². The Bertz CT molecular complexity index is 334. The maximum Gasteiger partial charge on any atom is 0.0739 e. The van der Waals surface area contributed by atoms with Crippen LogP contribution in [0.15, 0.2) is 18.2 Å². The van der Waals surface area contributed by atoms with Gasteiger partial charge in [0.15, 0.2) is 0 Å². The summed E-state index contributed by atoms with van der Waals surface area (Å²) in [6.45, 7) is 2.12. The van der Waals surface area contributed by atoms with Gasteiger partial charge in [0, 0.05) is 13.1 Å². The SMILES string of the molecule is CN1CC(Nc2cccc(Cl)c2N)C1. The topological polar surface area (TPSA) is 41.3 Å². The first-order chi connectivity index (χ1) is 6.66. The lowest BCUT2D eigenvalue weighted by Gasteiger charge is -2.37. The van der Waals surface area contributed by atoms with Crippen LogP contribution in [-0.2, 0) is 0 Å². The quantitative estimate of drug-likeness (QED) is 0.731. The van der Waals surface area contributed by atoms with Gasteiger partial charge in [-0.1, -0.05) is 17.7 Å². The van der Waals surface area contributed by atoms with Crippen LogP contribution < -0.4 is 11.1 Å². The first-order valence-electron chi connectivity index (χ1n) is 4.66. The summed E-state index contributed by atoms with van der Waals surface area (Å²) >= 11 is 5.91.